The summed E-state index contributed by atoms with van der Waals surface area (Å²) >= 11 is 0. The van der Waals surface area contributed by atoms with E-state index in [1.54, 1.807) is 6.07 Å². The molecule has 4 heteroatoms. The minimum atomic E-state index is -0.446. The van der Waals surface area contributed by atoms with Crippen molar-refractivity contribution in [3.05, 3.63) is 34.4 Å². The van der Waals surface area contributed by atoms with E-state index in [2.05, 4.69) is 4.74 Å². The number of nitriles is 1. The highest BCUT2D eigenvalue weighted by Gasteiger charge is 2.11. The smallest absolute Gasteiger partial charge is 0.337 e. The molecule has 0 amide bonds. The molecule has 0 aliphatic rings. The van der Waals surface area contributed by atoms with Crippen molar-refractivity contribution < 1.29 is 9.53 Å². The van der Waals surface area contributed by atoms with Crippen LogP contribution in [0.2, 0.25) is 0 Å². The lowest BCUT2D eigenvalue weighted by atomic mass is 9.99. The molecule has 15 heavy (non-hydrogen) atoms. The summed E-state index contributed by atoms with van der Waals surface area (Å²) in [7, 11) is 1.31. The number of hydrogen-bond acceptors (Lipinski definition) is 4. The average molecular weight is 204 g/mol. The highest BCUT2D eigenvalue weighted by molar-refractivity contribution is 5.90. The molecule has 0 aliphatic heterocycles. The van der Waals surface area contributed by atoms with E-state index in [9.17, 15) is 4.79 Å². The van der Waals surface area contributed by atoms with Gasteiger partial charge in [-0.15, -0.1) is 0 Å². The molecule has 78 valence electrons. The van der Waals surface area contributed by atoms with Crippen LogP contribution in [-0.2, 0) is 11.3 Å². The average Bonchev–Trinajstić information content (AvgIpc) is 2.26. The highest BCUT2D eigenvalue weighted by atomic mass is 16.5. The van der Waals surface area contributed by atoms with Gasteiger partial charge in [-0.05, 0) is 30.2 Å². The number of methoxy groups -OCH3 is 1. The summed E-state index contributed by atoms with van der Waals surface area (Å²) in [5.41, 5.74) is 7.92. The molecule has 1 aromatic rings. The van der Waals surface area contributed by atoms with Crippen molar-refractivity contribution in [2.75, 3.05) is 7.11 Å². The number of nitrogens with zero attached hydrogens (tertiary/aromatic N) is 1. The maximum Gasteiger partial charge on any atom is 0.337 e. The summed E-state index contributed by atoms with van der Waals surface area (Å²) in [4.78, 5) is 11.3. The Kier molecular flexibility index (Phi) is 3.42. The van der Waals surface area contributed by atoms with Crippen molar-refractivity contribution in [2.24, 2.45) is 5.73 Å². The van der Waals surface area contributed by atoms with Crippen LogP contribution in [0, 0.1) is 18.3 Å². The summed E-state index contributed by atoms with van der Waals surface area (Å²) < 4.78 is 4.58. The monoisotopic (exact) mass is 204 g/mol. The van der Waals surface area contributed by atoms with Gasteiger partial charge in [-0.3, -0.25) is 0 Å². The van der Waals surface area contributed by atoms with Gasteiger partial charge >= 0.3 is 5.97 Å². The summed E-state index contributed by atoms with van der Waals surface area (Å²) in [6.07, 6.45) is 0. The zero-order valence-corrected chi connectivity index (χ0v) is 8.70. The van der Waals surface area contributed by atoms with Crippen LogP contribution in [-0.4, -0.2) is 13.1 Å². The minimum absolute atomic E-state index is 0.288. The molecule has 0 spiro atoms. The topological polar surface area (TPSA) is 76.1 Å². The zero-order chi connectivity index (χ0) is 11.4. The van der Waals surface area contributed by atoms with Gasteiger partial charge in [0.2, 0.25) is 0 Å². The number of aryl methyl sites for hydroxylation is 1. The van der Waals surface area contributed by atoms with Crippen LogP contribution in [0.4, 0.5) is 0 Å². The largest absolute Gasteiger partial charge is 0.465 e. The first-order chi connectivity index (χ1) is 7.13. The number of rotatable bonds is 2. The predicted molar refractivity (Wildman–Crippen MR) is 55.1 cm³/mol. The van der Waals surface area contributed by atoms with Gasteiger partial charge in [0, 0.05) is 6.54 Å². The maximum absolute atomic E-state index is 11.3. The number of benzene rings is 1. The summed E-state index contributed by atoms with van der Waals surface area (Å²) in [5, 5.41) is 8.90. The van der Waals surface area contributed by atoms with Crippen LogP contribution in [0.1, 0.15) is 27.0 Å². The Morgan fingerprint density at radius 3 is 2.73 bits per heavy atom. The van der Waals surface area contributed by atoms with E-state index in [1.807, 2.05) is 13.0 Å². The lowest BCUT2D eigenvalue weighted by molar-refractivity contribution is 0.0600. The fourth-order valence-corrected chi connectivity index (χ4v) is 1.42. The molecule has 0 heterocycles. The normalized spacial score (nSPS) is 9.47. The van der Waals surface area contributed by atoms with Crippen molar-refractivity contribution in [1.82, 2.24) is 0 Å². The maximum atomic E-state index is 11.3. The number of carbonyl (C=O) groups is 1. The Labute approximate surface area is 88.3 Å². The van der Waals surface area contributed by atoms with E-state index in [-0.39, 0.29) is 6.54 Å². The molecule has 1 rings (SSSR count). The quantitative estimate of drug-likeness (QED) is 0.732. The van der Waals surface area contributed by atoms with Crippen molar-refractivity contribution in [3.8, 4) is 6.07 Å². The molecule has 0 fully saturated rings. The van der Waals surface area contributed by atoms with Crippen molar-refractivity contribution in [1.29, 1.82) is 5.26 Å². The molecule has 0 saturated heterocycles. The van der Waals surface area contributed by atoms with Gasteiger partial charge < -0.3 is 10.5 Å². The molecular formula is C11H12N2O2. The second-order valence-corrected chi connectivity index (χ2v) is 3.13. The van der Waals surface area contributed by atoms with E-state index in [0.717, 1.165) is 11.1 Å². The molecule has 0 unspecified atom stereocenters. The number of hydrogen-bond donors (Lipinski definition) is 1. The van der Waals surface area contributed by atoms with Crippen LogP contribution in [0.15, 0.2) is 12.1 Å². The first kappa shape index (κ1) is 11.2. The summed E-state index contributed by atoms with van der Waals surface area (Å²) in [6, 6.07) is 5.20. The molecule has 2 N–H and O–H groups in total. The Bertz CT molecular complexity index is 433. The molecular weight excluding hydrogens is 192 g/mol. The van der Waals surface area contributed by atoms with Crippen molar-refractivity contribution in [2.45, 2.75) is 13.5 Å². The standard InChI is InChI=1S/C11H12N2O2/c1-7-3-8(11(14)15-2)4-9(5-12)10(7)6-13/h3-4H,6,13H2,1-2H3. The number of carbonyl (C=O) groups excluding carboxylic acids is 1. The Hall–Kier alpha value is -1.86. The van der Waals surface area contributed by atoms with Crippen LogP contribution < -0.4 is 5.73 Å². The van der Waals surface area contributed by atoms with Crippen molar-refractivity contribution in [3.63, 3.8) is 0 Å². The van der Waals surface area contributed by atoms with Gasteiger partial charge in [0.1, 0.15) is 0 Å². The van der Waals surface area contributed by atoms with Gasteiger partial charge in [-0.2, -0.15) is 5.26 Å². The van der Waals surface area contributed by atoms with Gasteiger partial charge in [-0.25, -0.2) is 4.79 Å². The van der Waals surface area contributed by atoms with Gasteiger partial charge in [-0.1, -0.05) is 0 Å². The Balaban J connectivity index is 3.33. The van der Waals surface area contributed by atoms with Crippen LogP contribution in [0.3, 0.4) is 0 Å². The molecule has 0 saturated carbocycles. The van der Waals surface area contributed by atoms with E-state index in [4.69, 9.17) is 11.0 Å². The first-order valence-electron chi connectivity index (χ1n) is 4.46. The highest BCUT2D eigenvalue weighted by Crippen LogP contribution is 2.16. The molecule has 0 atom stereocenters. The lowest BCUT2D eigenvalue weighted by Crippen LogP contribution is -2.07. The molecule has 1 aromatic carbocycles. The minimum Gasteiger partial charge on any atom is -0.465 e. The van der Waals surface area contributed by atoms with Crippen LogP contribution in [0.5, 0.6) is 0 Å². The van der Waals surface area contributed by atoms with E-state index in [1.165, 1.54) is 13.2 Å². The van der Waals surface area contributed by atoms with E-state index < -0.39 is 5.97 Å². The molecule has 0 aliphatic carbocycles. The van der Waals surface area contributed by atoms with E-state index >= 15 is 0 Å². The molecule has 4 nitrogen and oxygen atoms in total. The number of esters is 1. The third-order valence-electron chi connectivity index (χ3n) is 2.22. The summed E-state index contributed by atoms with van der Waals surface area (Å²) in [6.45, 7) is 2.10. The first-order valence-corrected chi connectivity index (χ1v) is 4.46. The zero-order valence-electron chi connectivity index (χ0n) is 8.70. The summed E-state index contributed by atoms with van der Waals surface area (Å²) in [5.74, 6) is -0.446. The molecule has 0 aromatic heterocycles. The third-order valence-corrected chi connectivity index (χ3v) is 2.22. The second kappa shape index (κ2) is 4.58. The Morgan fingerprint density at radius 1 is 1.60 bits per heavy atom. The van der Waals surface area contributed by atoms with Gasteiger partial charge in [0.25, 0.3) is 0 Å². The van der Waals surface area contributed by atoms with Crippen molar-refractivity contribution >= 4 is 5.97 Å². The molecule has 0 bridgehead atoms. The van der Waals surface area contributed by atoms with Gasteiger partial charge in [0.05, 0.1) is 24.3 Å². The fraction of sp³-hybridized carbons (Fsp3) is 0.273. The SMILES string of the molecule is COC(=O)c1cc(C)c(CN)c(C#N)c1. The van der Waals surface area contributed by atoms with Crippen LogP contribution >= 0.6 is 0 Å². The Morgan fingerprint density at radius 2 is 2.27 bits per heavy atom. The number of ether oxygens (including phenoxy) is 1. The third kappa shape index (κ3) is 2.14. The number of nitrogens with two attached hydrogens (primary N) is 1. The van der Waals surface area contributed by atoms with Gasteiger partial charge in [0.15, 0.2) is 0 Å². The van der Waals surface area contributed by atoms with E-state index in [0.29, 0.717) is 11.1 Å². The predicted octanol–water partition coefficient (Wildman–Crippen LogP) is 1.11. The lowest BCUT2D eigenvalue weighted by Gasteiger charge is -2.07. The fourth-order valence-electron chi connectivity index (χ4n) is 1.42. The molecule has 0 radical (unpaired) electrons. The second-order valence-electron chi connectivity index (χ2n) is 3.13. The van der Waals surface area contributed by atoms with Crippen LogP contribution in [0.25, 0.3) is 0 Å².